The molecule has 1 saturated carbocycles. The number of rotatable bonds is 4. The van der Waals surface area contributed by atoms with E-state index in [2.05, 4.69) is 27.3 Å². The minimum Gasteiger partial charge on any atom is -0.338 e. The van der Waals surface area contributed by atoms with E-state index in [0.29, 0.717) is 23.2 Å². The minimum absolute atomic E-state index is 0.0107. The number of halogens is 1. The Bertz CT molecular complexity index is 1220. The summed E-state index contributed by atoms with van der Waals surface area (Å²) in [6.07, 6.45) is 10.8. The van der Waals surface area contributed by atoms with Crippen molar-refractivity contribution >= 4 is 51.8 Å². The van der Waals surface area contributed by atoms with Crippen LogP contribution in [-0.2, 0) is 16.0 Å². The monoisotopic (exact) mass is 447 g/mol. The second-order valence-electron chi connectivity index (χ2n) is 8.68. The van der Waals surface area contributed by atoms with Gasteiger partial charge >= 0.3 is 0 Å². The molecule has 164 valence electrons. The number of hydrogen-bond acceptors (Lipinski definition) is 2. The van der Waals surface area contributed by atoms with Gasteiger partial charge < -0.3 is 15.2 Å². The van der Waals surface area contributed by atoms with E-state index >= 15 is 0 Å². The van der Waals surface area contributed by atoms with E-state index in [4.69, 9.17) is 11.6 Å². The third-order valence-corrected chi connectivity index (χ3v) is 6.68. The molecule has 2 aliphatic rings. The van der Waals surface area contributed by atoms with Crippen molar-refractivity contribution < 1.29 is 9.59 Å². The Morgan fingerprint density at radius 3 is 2.75 bits per heavy atom. The molecule has 0 bridgehead atoms. The van der Waals surface area contributed by atoms with Crippen LogP contribution in [0.1, 0.15) is 55.8 Å². The molecule has 2 heterocycles. The third kappa shape index (κ3) is 4.30. The van der Waals surface area contributed by atoms with E-state index in [1.54, 1.807) is 6.08 Å². The molecule has 0 spiro atoms. The summed E-state index contributed by atoms with van der Waals surface area (Å²) in [6.45, 7) is 0. The lowest BCUT2D eigenvalue weighted by molar-refractivity contribution is -0.116. The van der Waals surface area contributed by atoms with E-state index in [-0.39, 0.29) is 11.8 Å². The van der Waals surface area contributed by atoms with Crippen molar-refractivity contribution in [2.24, 2.45) is 0 Å². The SMILES string of the molecule is O=C(/C=C/c1cc2cc(Cl)ccc2n1C1CCCCC1)Nc1ccc2c(c1)NC(=O)CC2. The van der Waals surface area contributed by atoms with Gasteiger partial charge in [-0.3, -0.25) is 9.59 Å². The average molecular weight is 448 g/mol. The fourth-order valence-corrected chi connectivity index (χ4v) is 5.08. The van der Waals surface area contributed by atoms with Crippen LogP contribution < -0.4 is 10.6 Å². The summed E-state index contributed by atoms with van der Waals surface area (Å²) in [5.74, 6) is -0.193. The lowest BCUT2D eigenvalue weighted by Gasteiger charge is -2.26. The number of amides is 2. The summed E-state index contributed by atoms with van der Waals surface area (Å²) in [4.78, 5) is 24.3. The van der Waals surface area contributed by atoms with E-state index in [1.165, 1.54) is 19.3 Å². The Hall–Kier alpha value is -3.05. The molecule has 1 aromatic heterocycles. The van der Waals surface area contributed by atoms with Crippen molar-refractivity contribution in [3.63, 3.8) is 0 Å². The van der Waals surface area contributed by atoms with Crippen molar-refractivity contribution in [3.8, 4) is 0 Å². The largest absolute Gasteiger partial charge is 0.338 e. The summed E-state index contributed by atoms with van der Waals surface area (Å²) >= 11 is 6.23. The molecule has 2 amide bonds. The van der Waals surface area contributed by atoms with Gasteiger partial charge in [-0.05, 0) is 67.3 Å². The zero-order chi connectivity index (χ0) is 22.1. The maximum absolute atomic E-state index is 12.7. The molecular weight excluding hydrogens is 422 g/mol. The molecule has 0 saturated heterocycles. The molecule has 5 nitrogen and oxygen atoms in total. The highest BCUT2D eigenvalue weighted by Crippen LogP contribution is 2.35. The number of nitrogens with one attached hydrogen (secondary N) is 2. The van der Waals surface area contributed by atoms with E-state index in [9.17, 15) is 9.59 Å². The maximum Gasteiger partial charge on any atom is 0.248 e. The van der Waals surface area contributed by atoms with Gasteiger partial charge in [-0.1, -0.05) is 36.9 Å². The first kappa shape index (κ1) is 20.8. The quantitative estimate of drug-likeness (QED) is 0.458. The van der Waals surface area contributed by atoms with Crippen LogP contribution in [0.3, 0.4) is 0 Å². The molecule has 1 fully saturated rings. The minimum atomic E-state index is -0.203. The van der Waals surface area contributed by atoms with Gasteiger partial charge in [0.15, 0.2) is 0 Å². The molecule has 32 heavy (non-hydrogen) atoms. The predicted octanol–water partition coefficient (Wildman–Crippen LogP) is 6.34. The van der Waals surface area contributed by atoms with E-state index in [0.717, 1.165) is 47.1 Å². The first-order chi connectivity index (χ1) is 15.6. The fraction of sp³-hybridized carbons (Fsp3) is 0.308. The third-order valence-electron chi connectivity index (χ3n) is 6.45. The van der Waals surface area contributed by atoms with Crippen molar-refractivity contribution in [2.75, 3.05) is 10.6 Å². The zero-order valence-electron chi connectivity index (χ0n) is 17.9. The van der Waals surface area contributed by atoms with E-state index in [1.807, 2.05) is 36.4 Å². The first-order valence-corrected chi connectivity index (χ1v) is 11.7. The molecule has 1 aliphatic carbocycles. The molecule has 0 radical (unpaired) electrons. The molecule has 0 atom stereocenters. The highest BCUT2D eigenvalue weighted by atomic mass is 35.5. The second kappa shape index (κ2) is 8.83. The summed E-state index contributed by atoms with van der Waals surface area (Å²) in [6, 6.07) is 14.2. The van der Waals surface area contributed by atoms with Gasteiger partial charge in [0.25, 0.3) is 0 Å². The van der Waals surface area contributed by atoms with Crippen LogP contribution in [0.25, 0.3) is 17.0 Å². The maximum atomic E-state index is 12.7. The molecular formula is C26H26ClN3O2. The van der Waals surface area contributed by atoms with Crippen molar-refractivity contribution in [2.45, 2.75) is 51.0 Å². The molecule has 6 heteroatoms. The van der Waals surface area contributed by atoms with Gasteiger partial charge in [-0.2, -0.15) is 0 Å². The summed E-state index contributed by atoms with van der Waals surface area (Å²) in [7, 11) is 0. The lowest BCUT2D eigenvalue weighted by atomic mass is 9.95. The second-order valence-corrected chi connectivity index (χ2v) is 9.11. The van der Waals surface area contributed by atoms with Gasteiger partial charge in [-0.25, -0.2) is 0 Å². The molecule has 5 rings (SSSR count). The molecule has 3 aromatic rings. The van der Waals surface area contributed by atoms with E-state index < -0.39 is 0 Å². The average Bonchev–Trinajstić information content (AvgIpc) is 3.15. The highest BCUT2D eigenvalue weighted by Gasteiger charge is 2.20. The summed E-state index contributed by atoms with van der Waals surface area (Å²) in [5, 5.41) is 7.59. The Kier molecular flexibility index (Phi) is 5.75. The Balaban J connectivity index is 1.39. The summed E-state index contributed by atoms with van der Waals surface area (Å²) in [5.41, 5.74) is 4.71. The highest BCUT2D eigenvalue weighted by molar-refractivity contribution is 6.31. The Labute approximate surface area is 192 Å². The van der Waals surface area contributed by atoms with Crippen LogP contribution in [0, 0.1) is 0 Å². The Morgan fingerprint density at radius 2 is 1.91 bits per heavy atom. The van der Waals surface area contributed by atoms with Crippen molar-refractivity contribution in [3.05, 3.63) is 64.8 Å². The number of nitrogens with zero attached hydrogens (tertiary/aromatic N) is 1. The van der Waals surface area contributed by atoms with Crippen LogP contribution in [0.4, 0.5) is 11.4 Å². The van der Waals surface area contributed by atoms with Gasteiger partial charge in [0.05, 0.1) is 0 Å². The van der Waals surface area contributed by atoms with Crippen molar-refractivity contribution in [1.29, 1.82) is 0 Å². The standard InChI is InChI=1S/C26H26ClN3O2/c27-19-8-11-24-18(14-19)15-22(30(24)21-4-2-1-3-5-21)10-13-25(31)28-20-9-6-17-7-12-26(32)29-23(17)16-20/h6,8-11,13-16,21H,1-5,7,12H2,(H,28,31)(H,29,32)/b13-10+. The number of hydrogen-bond donors (Lipinski definition) is 2. The number of anilines is 2. The van der Waals surface area contributed by atoms with Gasteiger partial charge in [0.2, 0.25) is 11.8 Å². The van der Waals surface area contributed by atoms with Gasteiger partial charge in [0, 0.05) is 51.5 Å². The fourth-order valence-electron chi connectivity index (χ4n) is 4.90. The molecule has 2 aromatic carbocycles. The normalized spacial score (nSPS) is 16.8. The number of fused-ring (bicyclic) bond motifs is 2. The number of carbonyl (C=O) groups is 2. The molecule has 1 aliphatic heterocycles. The van der Waals surface area contributed by atoms with Crippen LogP contribution in [0.5, 0.6) is 0 Å². The number of carbonyl (C=O) groups excluding carboxylic acids is 2. The van der Waals surface area contributed by atoms with Gasteiger partial charge in [0.1, 0.15) is 0 Å². The summed E-state index contributed by atoms with van der Waals surface area (Å²) < 4.78 is 2.36. The van der Waals surface area contributed by atoms with Crippen LogP contribution in [0.15, 0.2) is 48.5 Å². The van der Waals surface area contributed by atoms with Crippen LogP contribution in [0.2, 0.25) is 5.02 Å². The number of aryl methyl sites for hydroxylation is 1. The molecule has 2 N–H and O–H groups in total. The lowest BCUT2D eigenvalue weighted by Crippen LogP contribution is -2.19. The van der Waals surface area contributed by atoms with Crippen LogP contribution >= 0.6 is 11.6 Å². The zero-order valence-corrected chi connectivity index (χ0v) is 18.6. The number of benzene rings is 2. The van der Waals surface area contributed by atoms with Crippen LogP contribution in [-0.4, -0.2) is 16.4 Å². The predicted molar refractivity (Wildman–Crippen MR) is 130 cm³/mol. The van der Waals surface area contributed by atoms with Gasteiger partial charge in [-0.15, -0.1) is 0 Å². The number of aromatic nitrogens is 1. The first-order valence-electron chi connectivity index (χ1n) is 11.3. The Morgan fingerprint density at radius 1 is 1.06 bits per heavy atom. The smallest absolute Gasteiger partial charge is 0.248 e. The molecule has 0 unspecified atom stereocenters. The topological polar surface area (TPSA) is 63.1 Å². The van der Waals surface area contributed by atoms with Crippen molar-refractivity contribution in [1.82, 2.24) is 4.57 Å².